The average Bonchev–Trinajstić information content (AvgIpc) is 2.53. The SMILES string of the molecule is O=c1cc2n(c(F)c1O)CCN(C[C@@H]1CCC(OC(F)(F)F)NC1)C2. The standard InChI is InChI=1S/C15H19F4N3O3/c16-14-13(24)11(23)5-10-8-21(3-4-22(10)14)7-9-1-2-12(20-6-9)25-15(17,18)19/h5,9,12,20,24H,1-4,6-8H2/t9-,12?/m1/s1. The molecule has 2 atom stereocenters. The van der Waals surface area contributed by atoms with Crippen LogP contribution in [0, 0.1) is 11.9 Å². The molecule has 3 heterocycles. The average molecular weight is 365 g/mol. The van der Waals surface area contributed by atoms with Crippen molar-refractivity contribution in [3.8, 4) is 5.75 Å². The molecule has 2 N–H and O–H groups in total. The quantitative estimate of drug-likeness (QED) is 0.626. The van der Waals surface area contributed by atoms with Crippen LogP contribution >= 0.6 is 0 Å². The van der Waals surface area contributed by atoms with Crippen molar-refractivity contribution in [3.05, 3.63) is 27.9 Å². The summed E-state index contributed by atoms with van der Waals surface area (Å²) in [5.41, 5.74) is -0.273. The molecule has 1 unspecified atom stereocenters. The van der Waals surface area contributed by atoms with Crippen LogP contribution in [0.4, 0.5) is 17.6 Å². The maximum absolute atomic E-state index is 13.9. The lowest BCUT2D eigenvalue weighted by Crippen LogP contribution is -2.47. The fraction of sp³-hybridized carbons (Fsp3) is 0.667. The van der Waals surface area contributed by atoms with E-state index in [9.17, 15) is 27.5 Å². The molecule has 25 heavy (non-hydrogen) atoms. The van der Waals surface area contributed by atoms with Crippen LogP contribution < -0.4 is 10.7 Å². The molecule has 1 fully saturated rings. The first-order valence-electron chi connectivity index (χ1n) is 8.04. The van der Waals surface area contributed by atoms with Gasteiger partial charge in [0.1, 0.15) is 6.23 Å². The van der Waals surface area contributed by atoms with Crippen LogP contribution in [-0.2, 0) is 17.8 Å². The number of rotatable bonds is 3. The van der Waals surface area contributed by atoms with Crippen molar-refractivity contribution >= 4 is 0 Å². The van der Waals surface area contributed by atoms with Crippen molar-refractivity contribution in [1.82, 2.24) is 14.8 Å². The summed E-state index contributed by atoms with van der Waals surface area (Å²) >= 11 is 0. The minimum atomic E-state index is -4.65. The highest BCUT2D eigenvalue weighted by Gasteiger charge is 2.35. The first-order chi connectivity index (χ1) is 11.7. The molecule has 1 saturated heterocycles. The van der Waals surface area contributed by atoms with Gasteiger partial charge in [0, 0.05) is 44.5 Å². The highest BCUT2D eigenvalue weighted by molar-refractivity contribution is 5.23. The number of nitrogens with zero attached hydrogens (tertiary/aromatic N) is 2. The van der Waals surface area contributed by atoms with Crippen molar-refractivity contribution < 1.29 is 27.4 Å². The van der Waals surface area contributed by atoms with Crippen LogP contribution in [0.15, 0.2) is 10.9 Å². The topological polar surface area (TPSA) is 66.7 Å². The number of aromatic nitrogens is 1. The van der Waals surface area contributed by atoms with E-state index in [1.54, 1.807) is 0 Å². The van der Waals surface area contributed by atoms with Crippen molar-refractivity contribution in [3.63, 3.8) is 0 Å². The Hall–Kier alpha value is -1.65. The monoisotopic (exact) mass is 365 g/mol. The van der Waals surface area contributed by atoms with Gasteiger partial charge in [0.25, 0.3) is 0 Å². The van der Waals surface area contributed by atoms with Gasteiger partial charge in [0.15, 0.2) is 0 Å². The zero-order chi connectivity index (χ0) is 18.2. The van der Waals surface area contributed by atoms with Gasteiger partial charge in [-0.2, -0.15) is 4.39 Å². The largest absolute Gasteiger partial charge is 0.524 e. The molecule has 0 saturated carbocycles. The lowest BCUT2D eigenvalue weighted by molar-refractivity contribution is -0.349. The van der Waals surface area contributed by atoms with E-state index in [0.717, 1.165) is 0 Å². The summed E-state index contributed by atoms with van der Waals surface area (Å²) < 4.78 is 55.7. The second kappa shape index (κ2) is 6.93. The predicted molar refractivity (Wildman–Crippen MR) is 79.3 cm³/mol. The molecule has 1 aromatic heterocycles. The molecule has 2 aliphatic rings. The number of piperidine rings is 1. The Morgan fingerprint density at radius 1 is 1.32 bits per heavy atom. The van der Waals surface area contributed by atoms with E-state index in [4.69, 9.17) is 0 Å². The Morgan fingerprint density at radius 2 is 2.08 bits per heavy atom. The third-order valence-electron chi connectivity index (χ3n) is 4.60. The van der Waals surface area contributed by atoms with E-state index in [1.807, 2.05) is 4.90 Å². The minimum Gasteiger partial charge on any atom is -0.501 e. The number of ether oxygens (including phenoxy) is 1. The zero-order valence-electron chi connectivity index (χ0n) is 13.4. The van der Waals surface area contributed by atoms with Crippen molar-refractivity contribution in [1.29, 1.82) is 0 Å². The van der Waals surface area contributed by atoms with Crippen LogP contribution in [0.1, 0.15) is 18.5 Å². The van der Waals surface area contributed by atoms with Crippen LogP contribution in [0.25, 0.3) is 0 Å². The van der Waals surface area contributed by atoms with Gasteiger partial charge in [0.2, 0.25) is 17.1 Å². The van der Waals surface area contributed by atoms with Gasteiger partial charge < -0.3 is 9.67 Å². The predicted octanol–water partition coefficient (Wildman–Crippen LogP) is 1.37. The van der Waals surface area contributed by atoms with Gasteiger partial charge in [-0.25, -0.2) is 0 Å². The minimum absolute atomic E-state index is 0.147. The molecule has 0 radical (unpaired) electrons. The third-order valence-corrected chi connectivity index (χ3v) is 4.60. The molecule has 0 aliphatic carbocycles. The molecular formula is C15H19F4N3O3. The van der Waals surface area contributed by atoms with Crippen molar-refractivity contribution in [2.45, 2.75) is 38.5 Å². The number of pyridine rings is 1. The molecule has 0 bridgehead atoms. The van der Waals surface area contributed by atoms with Crippen molar-refractivity contribution in [2.24, 2.45) is 5.92 Å². The molecule has 6 nitrogen and oxygen atoms in total. The van der Waals surface area contributed by atoms with E-state index in [2.05, 4.69) is 10.1 Å². The maximum Gasteiger partial charge on any atom is 0.524 e. The van der Waals surface area contributed by atoms with E-state index in [1.165, 1.54) is 10.6 Å². The highest BCUT2D eigenvalue weighted by atomic mass is 19.4. The van der Waals surface area contributed by atoms with Gasteiger partial charge in [-0.15, -0.1) is 13.2 Å². The normalized spacial score (nSPS) is 25.0. The number of fused-ring (bicyclic) bond motifs is 1. The Bertz CT molecular complexity index is 684. The molecule has 140 valence electrons. The first kappa shape index (κ1) is 18.2. The third kappa shape index (κ3) is 4.31. The first-order valence-corrected chi connectivity index (χ1v) is 8.04. The maximum atomic E-state index is 13.9. The lowest BCUT2D eigenvalue weighted by atomic mass is 9.97. The molecule has 0 amide bonds. The molecule has 2 aliphatic heterocycles. The van der Waals surface area contributed by atoms with E-state index in [0.29, 0.717) is 44.8 Å². The summed E-state index contributed by atoms with van der Waals surface area (Å²) in [4.78, 5) is 13.6. The van der Waals surface area contributed by atoms with Crippen LogP contribution in [0.5, 0.6) is 5.75 Å². The highest BCUT2D eigenvalue weighted by Crippen LogP contribution is 2.25. The summed E-state index contributed by atoms with van der Waals surface area (Å²) in [7, 11) is 0. The summed E-state index contributed by atoms with van der Waals surface area (Å²) in [5.74, 6) is -1.65. The molecule has 0 aromatic carbocycles. The van der Waals surface area contributed by atoms with Crippen LogP contribution in [-0.4, -0.2) is 46.8 Å². The van der Waals surface area contributed by atoms with E-state index >= 15 is 0 Å². The summed E-state index contributed by atoms with van der Waals surface area (Å²) in [6.45, 7) is 2.21. The summed E-state index contributed by atoms with van der Waals surface area (Å²) in [6.07, 6.45) is -4.82. The molecule has 10 heteroatoms. The lowest BCUT2D eigenvalue weighted by Gasteiger charge is -2.36. The smallest absolute Gasteiger partial charge is 0.501 e. The number of alkyl halides is 3. The zero-order valence-corrected chi connectivity index (χ0v) is 13.4. The van der Waals surface area contributed by atoms with Crippen LogP contribution in [0.3, 0.4) is 0 Å². The second-order valence-electron chi connectivity index (χ2n) is 6.43. The Kier molecular flexibility index (Phi) is 5.03. The molecule has 0 spiro atoms. The summed E-state index contributed by atoms with van der Waals surface area (Å²) in [5, 5.41) is 12.1. The fourth-order valence-corrected chi connectivity index (χ4v) is 3.40. The van der Waals surface area contributed by atoms with Gasteiger partial charge in [-0.05, 0) is 18.8 Å². The molecule has 1 aromatic rings. The fourth-order valence-electron chi connectivity index (χ4n) is 3.40. The van der Waals surface area contributed by atoms with Crippen LogP contribution in [0.2, 0.25) is 0 Å². The Labute approximate surface area is 141 Å². The molecular weight excluding hydrogens is 346 g/mol. The van der Waals surface area contributed by atoms with E-state index < -0.39 is 29.7 Å². The second-order valence-corrected chi connectivity index (χ2v) is 6.43. The Morgan fingerprint density at radius 3 is 2.72 bits per heavy atom. The number of nitrogens with one attached hydrogen (secondary N) is 1. The van der Waals surface area contributed by atoms with Crippen molar-refractivity contribution in [2.75, 3.05) is 19.6 Å². The Balaban J connectivity index is 1.55. The van der Waals surface area contributed by atoms with Gasteiger partial charge in [-0.1, -0.05) is 0 Å². The van der Waals surface area contributed by atoms with Gasteiger partial charge >= 0.3 is 6.36 Å². The van der Waals surface area contributed by atoms with Gasteiger partial charge in [0.05, 0.1) is 0 Å². The number of aromatic hydroxyl groups is 1. The number of hydrogen-bond donors (Lipinski definition) is 2. The summed E-state index contributed by atoms with van der Waals surface area (Å²) in [6, 6.07) is 1.22. The molecule has 3 rings (SSSR count). The van der Waals surface area contributed by atoms with E-state index in [-0.39, 0.29) is 12.3 Å². The number of halogens is 4. The number of hydrogen-bond acceptors (Lipinski definition) is 5. The van der Waals surface area contributed by atoms with Gasteiger partial charge in [-0.3, -0.25) is 19.7 Å².